The fourth-order valence-corrected chi connectivity index (χ4v) is 3.57. The highest BCUT2D eigenvalue weighted by molar-refractivity contribution is 6.06. The molecule has 1 aliphatic rings. The molecule has 134 valence electrons. The molecule has 6 heteroatoms. The van der Waals surface area contributed by atoms with Crippen LogP contribution in [0.25, 0.3) is 22.3 Å². The van der Waals surface area contributed by atoms with Gasteiger partial charge in [0.15, 0.2) is 5.65 Å². The number of carbonyl (C=O) groups is 1. The molecule has 6 nitrogen and oxygen atoms in total. The summed E-state index contributed by atoms with van der Waals surface area (Å²) in [7, 11) is 1.85. The van der Waals surface area contributed by atoms with Crippen LogP contribution < -0.4 is 0 Å². The molecule has 0 saturated carbocycles. The van der Waals surface area contributed by atoms with E-state index in [4.69, 9.17) is 9.72 Å². The van der Waals surface area contributed by atoms with Gasteiger partial charge >= 0.3 is 0 Å². The maximum Gasteiger partial charge on any atom is 0.254 e. The zero-order valence-corrected chi connectivity index (χ0v) is 15.3. The fourth-order valence-electron chi connectivity index (χ4n) is 3.57. The van der Waals surface area contributed by atoms with Gasteiger partial charge in [0.1, 0.15) is 0 Å². The molecule has 1 aliphatic heterocycles. The first-order valence-corrected chi connectivity index (χ1v) is 8.82. The molecule has 1 fully saturated rings. The molecule has 0 radical (unpaired) electrons. The topological polar surface area (TPSA) is 60.3 Å². The average molecular weight is 350 g/mol. The van der Waals surface area contributed by atoms with Gasteiger partial charge in [-0.15, -0.1) is 0 Å². The van der Waals surface area contributed by atoms with E-state index >= 15 is 0 Å². The van der Waals surface area contributed by atoms with E-state index in [0.29, 0.717) is 31.9 Å². The minimum atomic E-state index is 0.0150. The second-order valence-electron chi connectivity index (χ2n) is 6.73. The predicted molar refractivity (Wildman–Crippen MR) is 100 cm³/mol. The number of carbonyl (C=O) groups excluding carboxylic acids is 1. The Balaban J connectivity index is 1.91. The van der Waals surface area contributed by atoms with Gasteiger partial charge in [-0.1, -0.05) is 18.2 Å². The zero-order chi connectivity index (χ0) is 18.3. The summed E-state index contributed by atoms with van der Waals surface area (Å²) < 4.78 is 7.10. The van der Waals surface area contributed by atoms with Crippen LogP contribution in [0.4, 0.5) is 0 Å². The molecule has 1 saturated heterocycles. The minimum Gasteiger partial charge on any atom is -0.378 e. The monoisotopic (exact) mass is 350 g/mol. The van der Waals surface area contributed by atoms with Crippen molar-refractivity contribution in [2.75, 3.05) is 26.3 Å². The molecule has 0 spiro atoms. The van der Waals surface area contributed by atoms with Gasteiger partial charge in [-0.3, -0.25) is 9.48 Å². The summed E-state index contributed by atoms with van der Waals surface area (Å²) in [5, 5.41) is 5.11. The Kier molecular flexibility index (Phi) is 4.20. The molecule has 0 aliphatic carbocycles. The Morgan fingerprint density at radius 3 is 2.54 bits per heavy atom. The number of amides is 1. The summed E-state index contributed by atoms with van der Waals surface area (Å²) in [6, 6.07) is 8.09. The third-order valence-electron chi connectivity index (χ3n) is 4.97. The van der Waals surface area contributed by atoms with Crippen molar-refractivity contribution in [2.24, 2.45) is 7.05 Å². The van der Waals surface area contributed by atoms with Crippen molar-refractivity contribution in [1.29, 1.82) is 0 Å². The van der Waals surface area contributed by atoms with Crippen molar-refractivity contribution in [3.63, 3.8) is 0 Å². The molecule has 0 atom stereocenters. The lowest BCUT2D eigenvalue weighted by Gasteiger charge is -2.27. The van der Waals surface area contributed by atoms with Crippen molar-refractivity contribution < 1.29 is 9.53 Å². The van der Waals surface area contributed by atoms with Crippen LogP contribution >= 0.6 is 0 Å². The van der Waals surface area contributed by atoms with Crippen molar-refractivity contribution >= 4 is 16.9 Å². The number of hydrogen-bond acceptors (Lipinski definition) is 4. The van der Waals surface area contributed by atoms with Crippen LogP contribution in [-0.4, -0.2) is 51.9 Å². The SMILES string of the molecule is Cc1cccc(C)c1-c1cc(C(=O)N2CCOCC2)c2cnn(C)c2n1. The van der Waals surface area contributed by atoms with Gasteiger partial charge in [-0.25, -0.2) is 4.98 Å². The fraction of sp³-hybridized carbons (Fsp3) is 0.350. The van der Waals surface area contributed by atoms with E-state index in [1.807, 2.05) is 24.1 Å². The summed E-state index contributed by atoms with van der Waals surface area (Å²) in [5.41, 5.74) is 5.55. The van der Waals surface area contributed by atoms with Gasteiger partial charge < -0.3 is 9.64 Å². The summed E-state index contributed by atoms with van der Waals surface area (Å²) >= 11 is 0. The Hall–Kier alpha value is -2.73. The molecule has 0 N–H and O–H groups in total. The van der Waals surface area contributed by atoms with E-state index in [1.165, 1.54) is 0 Å². The first-order valence-electron chi connectivity index (χ1n) is 8.82. The lowest BCUT2D eigenvalue weighted by atomic mass is 9.97. The number of pyridine rings is 1. The van der Waals surface area contributed by atoms with Crippen LogP contribution in [0.5, 0.6) is 0 Å². The van der Waals surface area contributed by atoms with E-state index in [2.05, 4.69) is 31.1 Å². The van der Waals surface area contributed by atoms with Crippen LogP contribution in [-0.2, 0) is 11.8 Å². The highest BCUT2D eigenvalue weighted by Gasteiger charge is 2.23. The number of ether oxygens (including phenoxy) is 1. The van der Waals surface area contributed by atoms with Gasteiger partial charge in [0, 0.05) is 25.7 Å². The van der Waals surface area contributed by atoms with E-state index in [9.17, 15) is 4.79 Å². The van der Waals surface area contributed by atoms with Crippen LogP contribution in [0, 0.1) is 13.8 Å². The third-order valence-corrected chi connectivity index (χ3v) is 4.97. The Labute approximate surface area is 152 Å². The smallest absolute Gasteiger partial charge is 0.254 e. The molecule has 1 aromatic carbocycles. The number of benzene rings is 1. The number of nitrogens with zero attached hydrogens (tertiary/aromatic N) is 4. The molecule has 2 aromatic heterocycles. The number of aryl methyl sites for hydroxylation is 3. The Bertz CT molecular complexity index is 967. The molecule has 3 heterocycles. The molecule has 4 rings (SSSR count). The summed E-state index contributed by atoms with van der Waals surface area (Å²) in [5.74, 6) is 0.0150. The maximum atomic E-state index is 13.2. The summed E-state index contributed by atoms with van der Waals surface area (Å²) in [6.07, 6.45) is 1.73. The van der Waals surface area contributed by atoms with Gasteiger partial charge in [0.2, 0.25) is 0 Å². The molecule has 26 heavy (non-hydrogen) atoms. The standard InChI is InChI=1S/C20H22N4O2/c1-13-5-4-6-14(2)18(13)17-11-15(16-12-21-23(3)19(16)22-17)20(25)24-7-9-26-10-8-24/h4-6,11-12H,7-10H2,1-3H3. The second kappa shape index (κ2) is 6.53. The van der Waals surface area contributed by atoms with Gasteiger partial charge in [0.05, 0.1) is 36.1 Å². The Morgan fingerprint density at radius 1 is 1.15 bits per heavy atom. The lowest BCUT2D eigenvalue weighted by Crippen LogP contribution is -2.40. The predicted octanol–water partition coefficient (Wildman–Crippen LogP) is 2.72. The molecular weight excluding hydrogens is 328 g/mol. The zero-order valence-electron chi connectivity index (χ0n) is 15.3. The van der Waals surface area contributed by atoms with Crippen LogP contribution in [0.15, 0.2) is 30.5 Å². The highest BCUT2D eigenvalue weighted by atomic mass is 16.5. The largest absolute Gasteiger partial charge is 0.378 e. The maximum absolute atomic E-state index is 13.2. The normalized spacial score (nSPS) is 14.8. The first kappa shape index (κ1) is 16.7. The van der Waals surface area contributed by atoms with Crippen molar-refractivity contribution in [3.05, 3.63) is 47.2 Å². The third kappa shape index (κ3) is 2.76. The molecule has 1 amide bonds. The van der Waals surface area contributed by atoms with Crippen LogP contribution in [0.3, 0.4) is 0 Å². The average Bonchev–Trinajstić information content (AvgIpc) is 3.02. The van der Waals surface area contributed by atoms with Crippen molar-refractivity contribution in [1.82, 2.24) is 19.7 Å². The van der Waals surface area contributed by atoms with Gasteiger partial charge in [-0.05, 0) is 31.0 Å². The van der Waals surface area contributed by atoms with Crippen LogP contribution in [0.2, 0.25) is 0 Å². The van der Waals surface area contributed by atoms with Crippen molar-refractivity contribution in [2.45, 2.75) is 13.8 Å². The molecule has 0 unspecified atom stereocenters. The first-order chi connectivity index (χ1) is 12.6. The van der Waals surface area contributed by atoms with E-state index in [-0.39, 0.29) is 5.91 Å². The van der Waals surface area contributed by atoms with Crippen molar-refractivity contribution in [3.8, 4) is 11.3 Å². The Morgan fingerprint density at radius 2 is 1.85 bits per heavy atom. The van der Waals surface area contributed by atoms with Gasteiger partial charge in [0.25, 0.3) is 5.91 Å². The summed E-state index contributed by atoms with van der Waals surface area (Å²) in [6.45, 7) is 6.53. The van der Waals surface area contributed by atoms with Gasteiger partial charge in [-0.2, -0.15) is 5.10 Å². The van der Waals surface area contributed by atoms with E-state index in [1.54, 1.807) is 10.9 Å². The number of morpholine rings is 1. The number of aromatic nitrogens is 3. The summed E-state index contributed by atoms with van der Waals surface area (Å²) in [4.78, 5) is 19.8. The number of rotatable bonds is 2. The number of fused-ring (bicyclic) bond motifs is 1. The van der Waals surface area contributed by atoms with Crippen LogP contribution in [0.1, 0.15) is 21.5 Å². The minimum absolute atomic E-state index is 0.0150. The lowest BCUT2D eigenvalue weighted by molar-refractivity contribution is 0.0304. The number of hydrogen-bond donors (Lipinski definition) is 0. The highest BCUT2D eigenvalue weighted by Crippen LogP contribution is 2.30. The molecule has 0 bridgehead atoms. The molecular formula is C20H22N4O2. The van der Waals surface area contributed by atoms with E-state index in [0.717, 1.165) is 33.4 Å². The molecule has 3 aromatic rings. The second-order valence-corrected chi connectivity index (χ2v) is 6.73. The quantitative estimate of drug-likeness (QED) is 0.713. The van der Waals surface area contributed by atoms with E-state index < -0.39 is 0 Å².